The minimum Gasteiger partial charge on any atom is -0.454 e. The fourth-order valence-corrected chi connectivity index (χ4v) is 0.645. The van der Waals surface area contributed by atoms with Crippen molar-refractivity contribution in [1.29, 1.82) is 0 Å². The first-order chi connectivity index (χ1) is 5.49. The third-order valence-electron chi connectivity index (χ3n) is 1.03. The molecule has 1 aromatic rings. The van der Waals surface area contributed by atoms with Gasteiger partial charge in [0.05, 0.1) is 6.20 Å². The van der Waals surface area contributed by atoms with E-state index >= 15 is 0 Å². The molecule has 0 aromatic carbocycles. The summed E-state index contributed by atoms with van der Waals surface area (Å²) in [6, 6.07) is 0. The van der Waals surface area contributed by atoms with Gasteiger partial charge in [0.25, 0.3) is 0 Å². The van der Waals surface area contributed by atoms with Gasteiger partial charge in [0, 0.05) is 0 Å². The quantitative estimate of drug-likeness (QED) is 0.599. The molecule has 0 aliphatic rings. The van der Waals surface area contributed by atoms with Gasteiger partial charge in [-0.2, -0.15) is 0 Å². The number of carbonyl (C=O) groups excluding carboxylic acids is 1. The van der Waals surface area contributed by atoms with Gasteiger partial charge in [0.1, 0.15) is 5.60 Å². The summed E-state index contributed by atoms with van der Waals surface area (Å²) in [6.07, 6.45) is 2.52. The Bertz CT molecular complexity index is 258. The molecule has 0 aliphatic carbocycles. The van der Waals surface area contributed by atoms with E-state index in [9.17, 15) is 4.79 Å². The highest BCUT2D eigenvalue weighted by Crippen LogP contribution is 2.10. The number of aromatic nitrogens is 1. The van der Waals surface area contributed by atoms with Crippen molar-refractivity contribution < 1.29 is 13.9 Å². The predicted octanol–water partition coefficient (Wildman–Crippen LogP) is 1.63. The third-order valence-corrected chi connectivity index (χ3v) is 1.03. The molecule has 0 spiro atoms. The fourth-order valence-electron chi connectivity index (χ4n) is 0.645. The van der Waals surface area contributed by atoms with Gasteiger partial charge in [-0.25, -0.2) is 9.78 Å². The molecule has 4 nitrogen and oxygen atoms in total. The van der Waals surface area contributed by atoms with Crippen LogP contribution in [0.4, 0.5) is 0 Å². The number of oxazole rings is 1. The van der Waals surface area contributed by atoms with E-state index < -0.39 is 11.6 Å². The van der Waals surface area contributed by atoms with Gasteiger partial charge < -0.3 is 9.15 Å². The van der Waals surface area contributed by atoms with Gasteiger partial charge in [0.15, 0.2) is 6.39 Å². The van der Waals surface area contributed by atoms with Crippen molar-refractivity contribution in [1.82, 2.24) is 4.98 Å². The molecular formula is C8H11NO3. The Hall–Kier alpha value is -1.32. The third kappa shape index (κ3) is 2.38. The molecule has 1 heterocycles. The van der Waals surface area contributed by atoms with Crippen molar-refractivity contribution in [3.05, 3.63) is 18.4 Å². The van der Waals surface area contributed by atoms with Gasteiger partial charge in [-0.3, -0.25) is 0 Å². The lowest BCUT2D eigenvalue weighted by Crippen LogP contribution is -2.23. The monoisotopic (exact) mass is 169 g/mol. The van der Waals surface area contributed by atoms with E-state index in [2.05, 4.69) is 4.98 Å². The number of ether oxygens (including phenoxy) is 1. The van der Waals surface area contributed by atoms with Crippen molar-refractivity contribution in [2.24, 2.45) is 0 Å². The van der Waals surface area contributed by atoms with Crippen LogP contribution in [-0.4, -0.2) is 16.6 Å². The number of rotatable bonds is 1. The normalized spacial score (nSPS) is 11.2. The van der Waals surface area contributed by atoms with E-state index in [1.54, 1.807) is 20.8 Å². The minimum atomic E-state index is -0.496. The molecule has 0 atom stereocenters. The zero-order valence-corrected chi connectivity index (χ0v) is 7.33. The molecule has 0 unspecified atom stereocenters. The lowest BCUT2D eigenvalue weighted by molar-refractivity contribution is 0.00360. The van der Waals surface area contributed by atoms with Gasteiger partial charge in [0.2, 0.25) is 5.76 Å². The van der Waals surface area contributed by atoms with Crippen LogP contribution in [0.25, 0.3) is 0 Å². The maximum atomic E-state index is 11.2. The number of hydrogen-bond donors (Lipinski definition) is 0. The smallest absolute Gasteiger partial charge is 0.376 e. The van der Waals surface area contributed by atoms with E-state index in [1.165, 1.54) is 12.6 Å². The Morgan fingerprint density at radius 3 is 2.67 bits per heavy atom. The van der Waals surface area contributed by atoms with Crippen molar-refractivity contribution in [2.75, 3.05) is 0 Å². The molecule has 0 aliphatic heterocycles. The van der Waals surface area contributed by atoms with Crippen LogP contribution >= 0.6 is 0 Å². The lowest BCUT2D eigenvalue weighted by Gasteiger charge is -2.17. The van der Waals surface area contributed by atoms with Gasteiger partial charge in [-0.15, -0.1) is 0 Å². The van der Waals surface area contributed by atoms with Crippen LogP contribution in [0.3, 0.4) is 0 Å². The van der Waals surface area contributed by atoms with E-state index in [0.29, 0.717) is 0 Å². The van der Waals surface area contributed by atoms with Crippen LogP contribution < -0.4 is 0 Å². The number of carbonyl (C=O) groups is 1. The molecule has 0 fully saturated rings. The average Bonchev–Trinajstić information content (AvgIpc) is 2.32. The first-order valence-electron chi connectivity index (χ1n) is 3.61. The molecular weight excluding hydrogens is 158 g/mol. The SMILES string of the molecule is CC(C)(C)OC(=O)c1cnco1. The molecule has 12 heavy (non-hydrogen) atoms. The molecule has 1 rings (SSSR count). The number of hydrogen-bond acceptors (Lipinski definition) is 4. The molecule has 0 bridgehead atoms. The highest BCUT2D eigenvalue weighted by atomic mass is 16.6. The predicted molar refractivity (Wildman–Crippen MR) is 41.7 cm³/mol. The largest absolute Gasteiger partial charge is 0.454 e. The highest BCUT2D eigenvalue weighted by molar-refractivity contribution is 5.86. The number of esters is 1. The maximum absolute atomic E-state index is 11.2. The highest BCUT2D eigenvalue weighted by Gasteiger charge is 2.19. The average molecular weight is 169 g/mol. The molecule has 4 heteroatoms. The summed E-state index contributed by atoms with van der Waals surface area (Å²) >= 11 is 0. The summed E-state index contributed by atoms with van der Waals surface area (Å²) in [5, 5.41) is 0. The summed E-state index contributed by atoms with van der Waals surface area (Å²) in [5.41, 5.74) is -0.496. The van der Waals surface area contributed by atoms with Crippen LogP contribution in [0.5, 0.6) is 0 Å². The fraction of sp³-hybridized carbons (Fsp3) is 0.500. The molecule has 66 valence electrons. The molecule has 1 aromatic heterocycles. The topological polar surface area (TPSA) is 52.3 Å². The second kappa shape index (κ2) is 2.97. The van der Waals surface area contributed by atoms with Crippen LogP contribution in [0.2, 0.25) is 0 Å². The molecule has 0 saturated carbocycles. The van der Waals surface area contributed by atoms with Crippen molar-refractivity contribution in [2.45, 2.75) is 26.4 Å². The summed E-state index contributed by atoms with van der Waals surface area (Å²) in [4.78, 5) is 14.8. The minimum absolute atomic E-state index is 0.130. The molecule has 0 saturated heterocycles. The van der Waals surface area contributed by atoms with Crippen molar-refractivity contribution in [3.63, 3.8) is 0 Å². The summed E-state index contributed by atoms with van der Waals surface area (Å²) in [5.74, 6) is -0.357. The van der Waals surface area contributed by atoms with Crippen LogP contribution in [0, 0.1) is 0 Å². The standard InChI is InChI=1S/C8H11NO3/c1-8(2,3)12-7(10)6-4-9-5-11-6/h4-5H,1-3H3. The first kappa shape index (κ1) is 8.77. The number of nitrogens with zero attached hydrogens (tertiary/aromatic N) is 1. The first-order valence-corrected chi connectivity index (χ1v) is 3.61. The second-order valence-electron chi connectivity index (χ2n) is 3.37. The zero-order chi connectivity index (χ0) is 9.19. The van der Waals surface area contributed by atoms with Gasteiger partial charge >= 0.3 is 5.97 Å². The van der Waals surface area contributed by atoms with Crippen LogP contribution in [0.15, 0.2) is 17.0 Å². The Morgan fingerprint density at radius 1 is 1.58 bits per heavy atom. The van der Waals surface area contributed by atoms with E-state index in [4.69, 9.17) is 9.15 Å². The zero-order valence-electron chi connectivity index (χ0n) is 7.33. The molecule has 0 amide bonds. The van der Waals surface area contributed by atoms with Crippen molar-refractivity contribution >= 4 is 5.97 Å². The van der Waals surface area contributed by atoms with E-state index in [0.717, 1.165) is 0 Å². The van der Waals surface area contributed by atoms with E-state index in [1.807, 2.05) is 0 Å². The Balaban J connectivity index is 2.63. The van der Waals surface area contributed by atoms with Crippen LogP contribution in [-0.2, 0) is 4.74 Å². The lowest BCUT2D eigenvalue weighted by atomic mass is 10.2. The van der Waals surface area contributed by atoms with E-state index in [-0.39, 0.29) is 5.76 Å². The van der Waals surface area contributed by atoms with Gasteiger partial charge in [-0.05, 0) is 20.8 Å². The van der Waals surface area contributed by atoms with Crippen molar-refractivity contribution in [3.8, 4) is 0 Å². The van der Waals surface area contributed by atoms with Gasteiger partial charge in [-0.1, -0.05) is 0 Å². The summed E-state index contributed by atoms with van der Waals surface area (Å²) in [7, 11) is 0. The maximum Gasteiger partial charge on any atom is 0.376 e. The summed E-state index contributed by atoms with van der Waals surface area (Å²) in [6.45, 7) is 5.38. The molecule has 0 radical (unpaired) electrons. The Kier molecular flexibility index (Phi) is 2.17. The van der Waals surface area contributed by atoms with Crippen LogP contribution in [0.1, 0.15) is 31.3 Å². The Labute approximate surface area is 70.5 Å². The molecule has 0 N–H and O–H groups in total. The Morgan fingerprint density at radius 2 is 2.25 bits per heavy atom. The second-order valence-corrected chi connectivity index (χ2v) is 3.37. The summed E-state index contributed by atoms with van der Waals surface area (Å²) < 4.78 is 9.76.